The van der Waals surface area contributed by atoms with Crippen LogP contribution in [-0.2, 0) is 4.74 Å². The zero-order valence-corrected chi connectivity index (χ0v) is 11.5. The third-order valence-corrected chi connectivity index (χ3v) is 4.59. The minimum absolute atomic E-state index is 0.488. The fourth-order valence-electron chi connectivity index (χ4n) is 3.67. The first-order valence-electron chi connectivity index (χ1n) is 7.25. The van der Waals surface area contributed by atoms with Gasteiger partial charge in [-0.3, -0.25) is 4.90 Å². The number of rotatable bonds is 6. The summed E-state index contributed by atoms with van der Waals surface area (Å²) in [5, 5.41) is 3.37. The van der Waals surface area contributed by atoms with E-state index in [0.717, 1.165) is 25.1 Å². The molecule has 1 aliphatic heterocycles. The maximum atomic E-state index is 5.28. The molecule has 3 heteroatoms. The highest BCUT2D eigenvalue weighted by Gasteiger charge is 2.33. The Balaban J connectivity index is 1.85. The van der Waals surface area contributed by atoms with Gasteiger partial charge in [0.25, 0.3) is 0 Å². The van der Waals surface area contributed by atoms with E-state index in [-0.39, 0.29) is 0 Å². The van der Waals surface area contributed by atoms with Gasteiger partial charge in [-0.05, 0) is 45.2 Å². The van der Waals surface area contributed by atoms with E-state index in [0.29, 0.717) is 6.04 Å². The average Bonchev–Trinajstić information content (AvgIpc) is 2.98. The predicted molar refractivity (Wildman–Crippen MR) is 71.3 cm³/mol. The van der Waals surface area contributed by atoms with Crippen molar-refractivity contribution in [2.45, 2.75) is 50.6 Å². The van der Waals surface area contributed by atoms with E-state index >= 15 is 0 Å². The maximum absolute atomic E-state index is 5.28. The molecular formula is C14H28N2O. The summed E-state index contributed by atoms with van der Waals surface area (Å²) >= 11 is 0. The Bertz CT molecular complexity index is 216. The van der Waals surface area contributed by atoms with Crippen LogP contribution in [0.3, 0.4) is 0 Å². The van der Waals surface area contributed by atoms with Gasteiger partial charge in [0.2, 0.25) is 0 Å². The Labute approximate surface area is 106 Å². The van der Waals surface area contributed by atoms with E-state index < -0.39 is 0 Å². The van der Waals surface area contributed by atoms with Gasteiger partial charge in [0, 0.05) is 25.7 Å². The van der Waals surface area contributed by atoms with Crippen LogP contribution in [0.15, 0.2) is 0 Å². The van der Waals surface area contributed by atoms with Gasteiger partial charge in [-0.25, -0.2) is 0 Å². The fraction of sp³-hybridized carbons (Fsp3) is 1.00. The van der Waals surface area contributed by atoms with Crippen LogP contribution < -0.4 is 5.32 Å². The van der Waals surface area contributed by atoms with Crippen LogP contribution in [0.4, 0.5) is 0 Å². The van der Waals surface area contributed by atoms with E-state index in [1.54, 1.807) is 7.11 Å². The lowest BCUT2D eigenvalue weighted by atomic mass is 9.96. The highest BCUT2D eigenvalue weighted by Crippen LogP contribution is 2.35. The number of nitrogens with one attached hydrogen (secondary N) is 1. The normalized spacial score (nSPS) is 28.9. The molecule has 1 saturated carbocycles. The largest absolute Gasteiger partial charge is 0.383 e. The SMILES string of the molecule is CNC(COC)CN1CCCC1C1CCCC1. The molecule has 0 aromatic carbocycles. The van der Waals surface area contributed by atoms with Gasteiger partial charge in [-0.2, -0.15) is 0 Å². The zero-order chi connectivity index (χ0) is 12.1. The number of likely N-dealkylation sites (N-methyl/N-ethyl adjacent to an activating group) is 1. The first-order valence-corrected chi connectivity index (χ1v) is 7.25. The van der Waals surface area contributed by atoms with Crippen molar-refractivity contribution in [3.05, 3.63) is 0 Å². The third kappa shape index (κ3) is 3.43. The van der Waals surface area contributed by atoms with E-state index in [1.807, 2.05) is 7.05 Å². The molecule has 0 bridgehead atoms. The third-order valence-electron chi connectivity index (χ3n) is 4.59. The minimum atomic E-state index is 0.488. The Hall–Kier alpha value is -0.120. The number of hydrogen-bond acceptors (Lipinski definition) is 3. The van der Waals surface area contributed by atoms with Crippen molar-refractivity contribution in [2.75, 3.05) is 33.9 Å². The molecule has 2 rings (SSSR count). The van der Waals surface area contributed by atoms with Crippen molar-refractivity contribution >= 4 is 0 Å². The molecule has 2 aliphatic rings. The molecule has 100 valence electrons. The Kier molecular flexibility index (Phi) is 5.26. The standard InChI is InChI=1S/C14H28N2O/c1-15-13(11-17-2)10-16-9-5-8-14(16)12-6-3-4-7-12/h12-15H,3-11H2,1-2H3. The molecule has 1 saturated heterocycles. The van der Waals surface area contributed by atoms with Crippen molar-refractivity contribution in [3.63, 3.8) is 0 Å². The second kappa shape index (κ2) is 6.72. The molecule has 0 aromatic rings. The summed E-state index contributed by atoms with van der Waals surface area (Å²) in [4.78, 5) is 2.72. The molecular weight excluding hydrogens is 212 g/mol. The molecule has 1 aliphatic carbocycles. The maximum Gasteiger partial charge on any atom is 0.0628 e. The number of likely N-dealkylation sites (tertiary alicyclic amines) is 1. The molecule has 17 heavy (non-hydrogen) atoms. The first kappa shape index (κ1) is 13.3. The second-order valence-electron chi connectivity index (χ2n) is 5.69. The monoisotopic (exact) mass is 240 g/mol. The van der Waals surface area contributed by atoms with Crippen molar-refractivity contribution in [3.8, 4) is 0 Å². The van der Waals surface area contributed by atoms with Crippen LogP contribution in [0.2, 0.25) is 0 Å². The summed E-state index contributed by atoms with van der Waals surface area (Å²) in [5.74, 6) is 0.984. The summed E-state index contributed by atoms with van der Waals surface area (Å²) < 4.78 is 5.28. The van der Waals surface area contributed by atoms with E-state index in [4.69, 9.17) is 4.74 Å². The number of methoxy groups -OCH3 is 1. The smallest absolute Gasteiger partial charge is 0.0628 e. The van der Waals surface area contributed by atoms with Crippen LogP contribution in [0, 0.1) is 5.92 Å². The molecule has 2 unspecified atom stereocenters. The zero-order valence-electron chi connectivity index (χ0n) is 11.5. The lowest BCUT2D eigenvalue weighted by molar-refractivity contribution is 0.122. The lowest BCUT2D eigenvalue weighted by Gasteiger charge is -2.32. The van der Waals surface area contributed by atoms with Gasteiger partial charge in [0.1, 0.15) is 0 Å². The van der Waals surface area contributed by atoms with Gasteiger partial charge in [0.15, 0.2) is 0 Å². The van der Waals surface area contributed by atoms with Crippen LogP contribution in [0.5, 0.6) is 0 Å². The Morgan fingerprint density at radius 3 is 2.65 bits per heavy atom. The van der Waals surface area contributed by atoms with E-state index in [9.17, 15) is 0 Å². The van der Waals surface area contributed by atoms with Crippen molar-refractivity contribution in [2.24, 2.45) is 5.92 Å². The summed E-state index contributed by atoms with van der Waals surface area (Å²) in [6.45, 7) is 3.28. The first-order chi connectivity index (χ1) is 8.35. The summed E-state index contributed by atoms with van der Waals surface area (Å²) in [5.41, 5.74) is 0. The van der Waals surface area contributed by atoms with Crippen LogP contribution in [0.1, 0.15) is 38.5 Å². The molecule has 2 fully saturated rings. The summed E-state index contributed by atoms with van der Waals surface area (Å²) in [6, 6.07) is 1.35. The van der Waals surface area contributed by atoms with Gasteiger partial charge in [-0.1, -0.05) is 12.8 Å². The van der Waals surface area contributed by atoms with Crippen LogP contribution in [0.25, 0.3) is 0 Å². The van der Waals surface area contributed by atoms with Gasteiger partial charge < -0.3 is 10.1 Å². The molecule has 0 radical (unpaired) electrons. The lowest BCUT2D eigenvalue weighted by Crippen LogP contribution is -2.45. The molecule has 2 atom stereocenters. The number of ether oxygens (including phenoxy) is 1. The van der Waals surface area contributed by atoms with E-state index in [1.165, 1.54) is 45.1 Å². The van der Waals surface area contributed by atoms with Crippen molar-refractivity contribution < 1.29 is 4.74 Å². The Morgan fingerprint density at radius 2 is 2.00 bits per heavy atom. The topological polar surface area (TPSA) is 24.5 Å². The second-order valence-corrected chi connectivity index (χ2v) is 5.69. The van der Waals surface area contributed by atoms with Gasteiger partial charge in [0.05, 0.1) is 6.61 Å². The average molecular weight is 240 g/mol. The minimum Gasteiger partial charge on any atom is -0.383 e. The highest BCUT2D eigenvalue weighted by molar-refractivity contribution is 4.89. The molecule has 0 amide bonds. The molecule has 0 aromatic heterocycles. The predicted octanol–water partition coefficient (Wildman–Crippen LogP) is 1.88. The molecule has 1 heterocycles. The highest BCUT2D eigenvalue weighted by atomic mass is 16.5. The number of nitrogens with zero attached hydrogens (tertiary/aromatic N) is 1. The quantitative estimate of drug-likeness (QED) is 0.767. The fourth-order valence-corrected chi connectivity index (χ4v) is 3.67. The van der Waals surface area contributed by atoms with Gasteiger partial charge in [-0.15, -0.1) is 0 Å². The molecule has 3 nitrogen and oxygen atoms in total. The van der Waals surface area contributed by atoms with Gasteiger partial charge >= 0.3 is 0 Å². The van der Waals surface area contributed by atoms with Crippen LogP contribution >= 0.6 is 0 Å². The summed E-state index contributed by atoms with van der Waals surface area (Å²) in [6.07, 6.45) is 8.68. The van der Waals surface area contributed by atoms with Crippen molar-refractivity contribution in [1.82, 2.24) is 10.2 Å². The van der Waals surface area contributed by atoms with Crippen LogP contribution in [-0.4, -0.2) is 50.8 Å². The van der Waals surface area contributed by atoms with Crippen molar-refractivity contribution in [1.29, 1.82) is 0 Å². The summed E-state index contributed by atoms with van der Waals surface area (Å²) in [7, 11) is 3.84. The molecule has 1 N–H and O–H groups in total. The number of hydrogen-bond donors (Lipinski definition) is 1. The molecule has 0 spiro atoms. The van der Waals surface area contributed by atoms with E-state index in [2.05, 4.69) is 10.2 Å². The Morgan fingerprint density at radius 1 is 1.24 bits per heavy atom.